The Bertz CT molecular complexity index is 994. The summed E-state index contributed by atoms with van der Waals surface area (Å²) in [6.45, 7) is 3.08. The van der Waals surface area contributed by atoms with E-state index in [1.807, 2.05) is 6.92 Å². The average Bonchev–Trinajstić information content (AvgIpc) is 3.35. The summed E-state index contributed by atoms with van der Waals surface area (Å²) in [6.07, 6.45) is -2.47. The first kappa shape index (κ1) is 23.2. The quantitative estimate of drug-likeness (QED) is 0.609. The molecule has 2 aromatic rings. The van der Waals surface area contributed by atoms with Crippen molar-refractivity contribution < 1.29 is 32.9 Å². The molecular formula is C20H25F3N4O4S. The highest BCUT2D eigenvalue weighted by molar-refractivity contribution is 7.12. The van der Waals surface area contributed by atoms with Gasteiger partial charge in [-0.05, 0) is 25.8 Å². The minimum absolute atomic E-state index is 0.00263. The zero-order chi connectivity index (χ0) is 23.3. The van der Waals surface area contributed by atoms with Crippen LogP contribution in [0.15, 0.2) is 18.5 Å². The van der Waals surface area contributed by atoms with Gasteiger partial charge in [-0.3, -0.25) is 14.4 Å². The molecule has 1 fully saturated rings. The van der Waals surface area contributed by atoms with Crippen molar-refractivity contribution in [2.24, 2.45) is 5.73 Å². The fourth-order valence-electron chi connectivity index (χ4n) is 4.46. The maximum Gasteiger partial charge on any atom is 0.425 e. The van der Waals surface area contributed by atoms with Gasteiger partial charge >= 0.3 is 6.18 Å². The zero-order valence-electron chi connectivity index (χ0n) is 17.4. The lowest BCUT2D eigenvalue weighted by molar-refractivity contribution is -0.139. The van der Waals surface area contributed by atoms with Gasteiger partial charge in [-0.25, -0.2) is 0 Å². The van der Waals surface area contributed by atoms with Crippen LogP contribution in [0.25, 0.3) is 0 Å². The fraction of sp³-hybridized carbons (Fsp3) is 0.600. The Kier molecular flexibility index (Phi) is 6.09. The van der Waals surface area contributed by atoms with Crippen LogP contribution in [-0.4, -0.2) is 56.1 Å². The highest BCUT2D eigenvalue weighted by Crippen LogP contribution is 2.51. The molecule has 1 amide bonds. The second kappa shape index (κ2) is 8.41. The Morgan fingerprint density at radius 3 is 2.91 bits per heavy atom. The Balaban J connectivity index is 1.47. The van der Waals surface area contributed by atoms with Crippen LogP contribution in [-0.2, 0) is 34.4 Å². The van der Waals surface area contributed by atoms with E-state index in [0.717, 1.165) is 11.6 Å². The Morgan fingerprint density at radius 2 is 2.25 bits per heavy atom. The molecule has 176 valence electrons. The van der Waals surface area contributed by atoms with Gasteiger partial charge in [0.25, 0.3) is 0 Å². The highest BCUT2D eigenvalue weighted by Gasteiger charge is 2.48. The standard InChI is InChI=1S/C20H25F3N4O4S/c1-11-5-19(17-13(15(29)10-31-19)4-16(32-17)20(21,22)23)2-3-26(11)7-12-6-25-27(8-12)9-14(28)18(24)30/h4,6,8,11,14-15,28-29H,2-3,5,7,9-10H2,1H3,(H2,24,30)/t11-,14?,15+,19+/m0/s1. The van der Waals surface area contributed by atoms with Gasteiger partial charge < -0.3 is 20.7 Å². The molecule has 4 rings (SSSR count). The average molecular weight is 475 g/mol. The third-order valence-corrected chi connectivity index (χ3v) is 7.52. The van der Waals surface area contributed by atoms with Gasteiger partial charge in [-0.1, -0.05) is 0 Å². The monoisotopic (exact) mass is 474 g/mol. The lowest BCUT2D eigenvalue weighted by atomic mass is 9.81. The number of fused-ring (bicyclic) bond motifs is 2. The number of aliphatic hydroxyl groups is 2. The number of nitrogens with two attached hydrogens (primary N) is 1. The topological polar surface area (TPSA) is 114 Å². The molecule has 0 bridgehead atoms. The Morgan fingerprint density at radius 1 is 1.50 bits per heavy atom. The second-order valence-electron chi connectivity index (χ2n) is 8.48. The van der Waals surface area contributed by atoms with Crippen LogP contribution >= 0.6 is 11.3 Å². The Labute approximate surface area is 186 Å². The number of aromatic nitrogens is 2. The number of carbonyl (C=O) groups excluding carboxylic acids is 1. The van der Waals surface area contributed by atoms with Crippen molar-refractivity contribution in [2.75, 3.05) is 13.2 Å². The summed E-state index contributed by atoms with van der Waals surface area (Å²) in [5.41, 5.74) is 5.43. The number of aliphatic hydroxyl groups excluding tert-OH is 2. The van der Waals surface area contributed by atoms with E-state index in [0.29, 0.717) is 47.7 Å². The van der Waals surface area contributed by atoms with E-state index in [-0.39, 0.29) is 19.2 Å². The van der Waals surface area contributed by atoms with Crippen molar-refractivity contribution in [3.63, 3.8) is 0 Å². The van der Waals surface area contributed by atoms with E-state index in [2.05, 4.69) is 10.00 Å². The van der Waals surface area contributed by atoms with Gasteiger partial charge in [0.2, 0.25) is 5.91 Å². The molecule has 2 aliphatic rings. The second-order valence-corrected chi connectivity index (χ2v) is 9.53. The van der Waals surface area contributed by atoms with Crippen LogP contribution in [0.3, 0.4) is 0 Å². The van der Waals surface area contributed by atoms with E-state index >= 15 is 0 Å². The molecule has 1 spiro atoms. The number of alkyl halides is 3. The number of hydrogen-bond donors (Lipinski definition) is 3. The van der Waals surface area contributed by atoms with Crippen LogP contribution in [0.2, 0.25) is 0 Å². The minimum Gasteiger partial charge on any atom is -0.386 e. The fourth-order valence-corrected chi connectivity index (χ4v) is 5.72. The molecule has 4 atom stereocenters. The van der Waals surface area contributed by atoms with Crippen LogP contribution in [0.4, 0.5) is 13.2 Å². The van der Waals surface area contributed by atoms with Crippen molar-refractivity contribution in [2.45, 2.75) is 62.9 Å². The maximum absolute atomic E-state index is 13.3. The molecule has 0 aromatic carbocycles. The van der Waals surface area contributed by atoms with E-state index in [4.69, 9.17) is 10.5 Å². The lowest BCUT2D eigenvalue weighted by Gasteiger charge is -2.47. The predicted octanol–water partition coefficient (Wildman–Crippen LogP) is 1.75. The number of carbonyl (C=O) groups is 1. The van der Waals surface area contributed by atoms with Crippen molar-refractivity contribution in [1.29, 1.82) is 0 Å². The van der Waals surface area contributed by atoms with Gasteiger partial charge in [0.15, 0.2) is 6.10 Å². The molecule has 2 aromatic heterocycles. The van der Waals surface area contributed by atoms with Crippen LogP contribution < -0.4 is 5.73 Å². The van der Waals surface area contributed by atoms with Crippen LogP contribution in [0.1, 0.15) is 46.8 Å². The molecule has 1 unspecified atom stereocenters. The molecule has 0 radical (unpaired) electrons. The number of nitrogens with zero attached hydrogens (tertiary/aromatic N) is 3. The third kappa shape index (κ3) is 4.42. The maximum atomic E-state index is 13.3. The number of ether oxygens (including phenoxy) is 1. The zero-order valence-corrected chi connectivity index (χ0v) is 18.2. The summed E-state index contributed by atoms with van der Waals surface area (Å²) in [5.74, 6) is -0.823. The van der Waals surface area contributed by atoms with E-state index in [1.54, 1.807) is 12.4 Å². The number of piperidine rings is 1. The van der Waals surface area contributed by atoms with Crippen molar-refractivity contribution in [3.8, 4) is 0 Å². The summed E-state index contributed by atoms with van der Waals surface area (Å²) in [7, 11) is 0. The smallest absolute Gasteiger partial charge is 0.386 e. The summed E-state index contributed by atoms with van der Waals surface area (Å²) in [4.78, 5) is 13.0. The van der Waals surface area contributed by atoms with Gasteiger partial charge in [-0.15, -0.1) is 11.3 Å². The summed E-state index contributed by atoms with van der Waals surface area (Å²) in [5, 5.41) is 24.0. The Hall–Kier alpha value is -1.99. The summed E-state index contributed by atoms with van der Waals surface area (Å²) in [6, 6.07) is 1.06. The molecule has 2 aliphatic heterocycles. The van der Waals surface area contributed by atoms with Crippen molar-refractivity contribution >= 4 is 17.2 Å². The minimum atomic E-state index is -4.46. The van der Waals surface area contributed by atoms with Crippen LogP contribution in [0, 0.1) is 0 Å². The first-order valence-corrected chi connectivity index (χ1v) is 11.1. The summed E-state index contributed by atoms with van der Waals surface area (Å²) >= 11 is 0.667. The van der Waals surface area contributed by atoms with Crippen molar-refractivity contribution in [1.82, 2.24) is 14.7 Å². The SMILES string of the molecule is C[C@H]1C[C@@]2(CCN1Cc1cnn(CC(O)C(N)=O)c1)OC[C@@H](O)c1cc(C(F)(F)F)sc12. The predicted molar refractivity (Wildman–Crippen MR) is 108 cm³/mol. The van der Waals surface area contributed by atoms with Gasteiger partial charge in [0.05, 0.1) is 19.3 Å². The van der Waals surface area contributed by atoms with E-state index in [9.17, 15) is 28.2 Å². The van der Waals surface area contributed by atoms with E-state index in [1.165, 1.54) is 4.68 Å². The molecule has 8 nitrogen and oxygen atoms in total. The molecule has 32 heavy (non-hydrogen) atoms. The number of rotatable bonds is 5. The molecule has 4 N–H and O–H groups in total. The number of halogens is 3. The molecule has 4 heterocycles. The number of primary amides is 1. The first-order valence-electron chi connectivity index (χ1n) is 10.2. The number of amides is 1. The summed E-state index contributed by atoms with van der Waals surface area (Å²) < 4.78 is 47.3. The number of likely N-dealkylation sites (tertiary alicyclic amines) is 1. The molecule has 1 saturated heterocycles. The molecular weight excluding hydrogens is 449 g/mol. The van der Waals surface area contributed by atoms with E-state index < -0.39 is 34.8 Å². The number of thiophene rings is 1. The largest absolute Gasteiger partial charge is 0.425 e. The van der Waals surface area contributed by atoms with Gasteiger partial charge in [0.1, 0.15) is 16.6 Å². The van der Waals surface area contributed by atoms with Gasteiger partial charge in [0, 0.05) is 41.3 Å². The highest BCUT2D eigenvalue weighted by atomic mass is 32.1. The molecule has 12 heteroatoms. The van der Waals surface area contributed by atoms with Crippen molar-refractivity contribution in [3.05, 3.63) is 39.3 Å². The number of hydrogen-bond acceptors (Lipinski definition) is 7. The normalized spacial score (nSPS) is 27.4. The first-order chi connectivity index (χ1) is 15.0. The van der Waals surface area contributed by atoms with Gasteiger partial charge in [-0.2, -0.15) is 18.3 Å². The lowest BCUT2D eigenvalue weighted by Crippen LogP contribution is -2.50. The third-order valence-electron chi connectivity index (χ3n) is 6.14. The molecule has 0 aliphatic carbocycles. The van der Waals surface area contributed by atoms with Crippen LogP contribution in [0.5, 0.6) is 0 Å². The molecule has 0 saturated carbocycles.